The number of amides is 2. The third-order valence-electron chi connectivity index (χ3n) is 2.92. The van der Waals surface area contributed by atoms with E-state index >= 15 is 0 Å². The van der Waals surface area contributed by atoms with Gasteiger partial charge in [-0.3, -0.25) is 9.59 Å². The van der Waals surface area contributed by atoms with Crippen molar-refractivity contribution in [2.24, 2.45) is 0 Å². The number of nitrogens with one attached hydrogen (secondary N) is 2. The molecule has 1 rings (SSSR count). The van der Waals surface area contributed by atoms with E-state index in [2.05, 4.69) is 10.6 Å². The lowest BCUT2D eigenvalue weighted by Gasteiger charge is -2.35. The fraction of sp³-hybridized carbons (Fsp3) is 0.833. The topological polar surface area (TPSA) is 70.7 Å². The number of carbonyl (C=O) groups is 2. The standard InChI is InChI=1S/C12H23N3O3/c1-3-7-18-8-4-11(16)15-6-5-14-9-10(15)12(17)13-2/h10,14H,3-9H2,1-2H3,(H,13,17). The molecule has 1 aliphatic rings. The van der Waals surface area contributed by atoms with Gasteiger partial charge in [-0.05, 0) is 6.42 Å². The third-order valence-corrected chi connectivity index (χ3v) is 2.92. The van der Waals surface area contributed by atoms with Crippen molar-refractivity contribution in [1.29, 1.82) is 0 Å². The highest BCUT2D eigenvalue weighted by atomic mass is 16.5. The molecule has 0 aromatic heterocycles. The van der Waals surface area contributed by atoms with Gasteiger partial charge in [0.25, 0.3) is 0 Å². The third kappa shape index (κ3) is 4.27. The van der Waals surface area contributed by atoms with Crippen molar-refractivity contribution in [2.45, 2.75) is 25.8 Å². The Labute approximate surface area is 108 Å². The number of hydrogen-bond acceptors (Lipinski definition) is 4. The van der Waals surface area contributed by atoms with Crippen LogP contribution < -0.4 is 10.6 Å². The molecule has 104 valence electrons. The summed E-state index contributed by atoms with van der Waals surface area (Å²) in [6.07, 6.45) is 1.29. The van der Waals surface area contributed by atoms with Crippen molar-refractivity contribution in [3.05, 3.63) is 0 Å². The number of hydrogen-bond donors (Lipinski definition) is 2. The van der Waals surface area contributed by atoms with E-state index in [1.54, 1.807) is 11.9 Å². The van der Waals surface area contributed by atoms with E-state index in [-0.39, 0.29) is 11.8 Å². The van der Waals surface area contributed by atoms with Gasteiger partial charge in [-0.2, -0.15) is 0 Å². The van der Waals surface area contributed by atoms with E-state index in [0.29, 0.717) is 32.7 Å². The number of piperazine rings is 1. The average molecular weight is 257 g/mol. The summed E-state index contributed by atoms with van der Waals surface area (Å²) in [5.41, 5.74) is 0. The normalized spacial score (nSPS) is 19.7. The molecule has 1 unspecified atom stereocenters. The minimum Gasteiger partial charge on any atom is -0.381 e. The van der Waals surface area contributed by atoms with Crippen LogP contribution in [-0.2, 0) is 14.3 Å². The number of likely N-dealkylation sites (N-methyl/N-ethyl adjacent to an activating group) is 1. The van der Waals surface area contributed by atoms with Crippen LogP contribution in [-0.4, -0.2) is 62.7 Å². The van der Waals surface area contributed by atoms with Crippen molar-refractivity contribution >= 4 is 11.8 Å². The highest BCUT2D eigenvalue weighted by Crippen LogP contribution is 2.06. The SMILES string of the molecule is CCCOCCC(=O)N1CCNCC1C(=O)NC. The second kappa shape index (κ2) is 8.05. The smallest absolute Gasteiger partial charge is 0.243 e. The Balaban J connectivity index is 2.44. The first-order chi connectivity index (χ1) is 8.70. The molecule has 1 saturated heterocycles. The molecule has 0 spiro atoms. The predicted octanol–water partition coefficient (Wildman–Crippen LogP) is -0.650. The molecule has 0 aliphatic carbocycles. The molecule has 6 nitrogen and oxygen atoms in total. The zero-order valence-corrected chi connectivity index (χ0v) is 11.2. The van der Waals surface area contributed by atoms with E-state index in [1.165, 1.54) is 0 Å². The molecule has 2 N–H and O–H groups in total. The lowest BCUT2D eigenvalue weighted by molar-refractivity contribution is -0.142. The summed E-state index contributed by atoms with van der Waals surface area (Å²) >= 11 is 0. The molecule has 1 atom stereocenters. The number of carbonyl (C=O) groups excluding carboxylic acids is 2. The van der Waals surface area contributed by atoms with Crippen molar-refractivity contribution < 1.29 is 14.3 Å². The quantitative estimate of drug-likeness (QED) is 0.620. The van der Waals surface area contributed by atoms with Gasteiger partial charge in [0.2, 0.25) is 11.8 Å². The maximum absolute atomic E-state index is 12.0. The van der Waals surface area contributed by atoms with Crippen LogP contribution in [0.15, 0.2) is 0 Å². The molecular formula is C12H23N3O3. The van der Waals surface area contributed by atoms with Gasteiger partial charge in [-0.1, -0.05) is 6.92 Å². The Bertz CT molecular complexity index is 284. The molecular weight excluding hydrogens is 234 g/mol. The summed E-state index contributed by atoms with van der Waals surface area (Å²) in [5, 5.41) is 5.72. The van der Waals surface area contributed by atoms with E-state index in [9.17, 15) is 9.59 Å². The fourth-order valence-electron chi connectivity index (χ4n) is 1.95. The predicted molar refractivity (Wildman–Crippen MR) is 68.2 cm³/mol. The molecule has 0 radical (unpaired) electrons. The van der Waals surface area contributed by atoms with Crippen LogP contribution in [0.25, 0.3) is 0 Å². The maximum Gasteiger partial charge on any atom is 0.243 e. The summed E-state index contributed by atoms with van der Waals surface area (Å²) in [7, 11) is 1.59. The lowest BCUT2D eigenvalue weighted by Crippen LogP contribution is -2.59. The Morgan fingerprint density at radius 1 is 1.44 bits per heavy atom. The Morgan fingerprint density at radius 2 is 2.22 bits per heavy atom. The van der Waals surface area contributed by atoms with Gasteiger partial charge >= 0.3 is 0 Å². The molecule has 2 amide bonds. The Morgan fingerprint density at radius 3 is 2.89 bits per heavy atom. The zero-order valence-electron chi connectivity index (χ0n) is 11.2. The summed E-state index contributed by atoms with van der Waals surface area (Å²) in [6, 6.07) is -0.401. The van der Waals surface area contributed by atoms with Gasteiger partial charge in [0.15, 0.2) is 0 Å². The van der Waals surface area contributed by atoms with E-state index in [0.717, 1.165) is 13.0 Å². The second-order valence-electron chi connectivity index (χ2n) is 4.28. The minimum absolute atomic E-state index is 0.0128. The van der Waals surface area contributed by atoms with Crippen LogP contribution >= 0.6 is 0 Å². The molecule has 0 bridgehead atoms. The molecule has 0 aromatic carbocycles. The van der Waals surface area contributed by atoms with Gasteiger partial charge in [-0.15, -0.1) is 0 Å². The van der Waals surface area contributed by atoms with Crippen LogP contribution in [0.1, 0.15) is 19.8 Å². The molecule has 1 heterocycles. The fourth-order valence-corrected chi connectivity index (χ4v) is 1.95. The molecule has 6 heteroatoms. The molecule has 1 fully saturated rings. The first-order valence-electron chi connectivity index (χ1n) is 6.50. The van der Waals surface area contributed by atoms with Crippen LogP contribution in [0.2, 0.25) is 0 Å². The first-order valence-corrected chi connectivity index (χ1v) is 6.50. The highest BCUT2D eigenvalue weighted by molar-refractivity contribution is 5.88. The van der Waals surface area contributed by atoms with E-state index in [4.69, 9.17) is 4.74 Å². The summed E-state index contributed by atoms with van der Waals surface area (Å²) in [5.74, 6) is -0.133. The number of ether oxygens (including phenoxy) is 1. The van der Waals surface area contributed by atoms with Gasteiger partial charge in [-0.25, -0.2) is 0 Å². The average Bonchev–Trinajstić information content (AvgIpc) is 2.42. The van der Waals surface area contributed by atoms with E-state index in [1.807, 2.05) is 6.92 Å². The second-order valence-corrected chi connectivity index (χ2v) is 4.28. The summed E-state index contributed by atoms with van der Waals surface area (Å²) in [6.45, 7) is 4.95. The van der Waals surface area contributed by atoms with Crippen LogP contribution in [0, 0.1) is 0 Å². The Hall–Kier alpha value is -1.14. The van der Waals surface area contributed by atoms with Crippen LogP contribution in [0.3, 0.4) is 0 Å². The minimum atomic E-state index is -0.401. The summed E-state index contributed by atoms with van der Waals surface area (Å²) < 4.78 is 5.30. The van der Waals surface area contributed by atoms with Crippen molar-refractivity contribution in [2.75, 3.05) is 39.9 Å². The lowest BCUT2D eigenvalue weighted by atomic mass is 10.1. The van der Waals surface area contributed by atoms with Gasteiger partial charge in [0, 0.05) is 33.3 Å². The van der Waals surface area contributed by atoms with Gasteiger partial charge in [0.05, 0.1) is 13.0 Å². The molecule has 0 aromatic rings. The number of rotatable bonds is 6. The van der Waals surface area contributed by atoms with Gasteiger partial charge in [0.1, 0.15) is 6.04 Å². The largest absolute Gasteiger partial charge is 0.381 e. The molecule has 18 heavy (non-hydrogen) atoms. The zero-order chi connectivity index (χ0) is 13.4. The monoisotopic (exact) mass is 257 g/mol. The van der Waals surface area contributed by atoms with Crippen molar-refractivity contribution in [1.82, 2.24) is 15.5 Å². The maximum atomic E-state index is 12.0. The summed E-state index contributed by atoms with van der Waals surface area (Å²) in [4.78, 5) is 25.4. The highest BCUT2D eigenvalue weighted by Gasteiger charge is 2.30. The van der Waals surface area contributed by atoms with Crippen LogP contribution in [0.4, 0.5) is 0 Å². The molecule has 1 aliphatic heterocycles. The van der Waals surface area contributed by atoms with Gasteiger partial charge < -0.3 is 20.3 Å². The van der Waals surface area contributed by atoms with Crippen molar-refractivity contribution in [3.63, 3.8) is 0 Å². The first kappa shape index (κ1) is 14.9. The molecule has 0 saturated carbocycles. The Kier molecular flexibility index (Phi) is 6.67. The number of nitrogens with zero attached hydrogens (tertiary/aromatic N) is 1. The van der Waals surface area contributed by atoms with Crippen LogP contribution in [0.5, 0.6) is 0 Å². The van der Waals surface area contributed by atoms with Crippen molar-refractivity contribution in [3.8, 4) is 0 Å². The van der Waals surface area contributed by atoms with E-state index < -0.39 is 6.04 Å².